The van der Waals surface area contributed by atoms with Crippen molar-refractivity contribution in [2.75, 3.05) is 10.6 Å². The standard InChI is InChI=1S/C28H27ClN4O3S/c1-18-26(28(36)33(32(18)3)23-7-5-4-6-8-23)31-27(35)19(2)37-24-15-13-22(14-16-24)30-25(34)17-20-9-11-21(29)12-10-20/h4-16,19H,17H2,1-3H3,(H,30,34)(H,31,35). The average molecular weight is 535 g/mol. The van der Waals surface area contributed by atoms with E-state index in [0.29, 0.717) is 16.4 Å². The summed E-state index contributed by atoms with van der Waals surface area (Å²) in [5.41, 5.74) is 2.91. The number of para-hydroxylation sites is 1. The smallest absolute Gasteiger partial charge is 0.295 e. The van der Waals surface area contributed by atoms with Crippen LogP contribution in [0.2, 0.25) is 5.02 Å². The molecule has 0 saturated carbocycles. The van der Waals surface area contributed by atoms with E-state index in [1.807, 2.05) is 54.6 Å². The van der Waals surface area contributed by atoms with Crippen LogP contribution in [0.5, 0.6) is 0 Å². The molecule has 1 atom stereocenters. The van der Waals surface area contributed by atoms with E-state index >= 15 is 0 Å². The molecule has 0 spiro atoms. The normalized spacial score (nSPS) is 11.7. The molecule has 1 heterocycles. The molecule has 0 radical (unpaired) electrons. The molecule has 0 bridgehead atoms. The zero-order valence-electron chi connectivity index (χ0n) is 20.7. The van der Waals surface area contributed by atoms with Crippen molar-refractivity contribution < 1.29 is 9.59 Å². The lowest BCUT2D eigenvalue weighted by Crippen LogP contribution is -2.27. The van der Waals surface area contributed by atoms with Gasteiger partial charge in [0, 0.05) is 22.7 Å². The van der Waals surface area contributed by atoms with Crippen molar-refractivity contribution in [2.24, 2.45) is 7.05 Å². The van der Waals surface area contributed by atoms with E-state index in [9.17, 15) is 14.4 Å². The van der Waals surface area contributed by atoms with Crippen LogP contribution in [0.4, 0.5) is 11.4 Å². The van der Waals surface area contributed by atoms with Gasteiger partial charge in [-0.3, -0.25) is 19.1 Å². The fourth-order valence-corrected chi connectivity index (χ4v) is 4.80. The Morgan fingerprint density at radius 1 is 0.946 bits per heavy atom. The van der Waals surface area contributed by atoms with Gasteiger partial charge in [-0.05, 0) is 67.9 Å². The first-order chi connectivity index (χ1) is 17.7. The number of nitrogens with one attached hydrogen (secondary N) is 2. The molecule has 37 heavy (non-hydrogen) atoms. The average Bonchev–Trinajstić information content (AvgIpc) is 3.10. The van der Waals surface area contributed by atoms with Crippen LogP contribution in [0.15, 0.2) is 88.6 Å². The van der Waals surface area contributed by atoms with E-state index in [-0.39, 0.29) is 29.5 Å². The monoisotopic (exact) mass is 534 g/mol. The highest BCUT2D eigenvalue weighted by Crippen LogP contribution is 2.26. The van der Waals surface area contributed by atoms with Gasteiger partial charge in [0.2, 0.25) is 11.8 Å². The highest BCUT2D eigenvalue weighted by atomic mass is 35.5. The summed E-state index contributed by atoms with van der Waals surface area (Å²) in [6.07, 6.45) is 0.246. The van der Waals surface area contributed by atoms with Crippen molar-refractivity contribution in [2.45, 2.75) is 30.4 Å². The molecule has 0 saturated heterocycles. The Morgan fingerprint density at radius 3 is 2.24 bits per heavy atom. The Labute approximate surface area is 224 Å². The van der Waals surface area contributed by atoms with Crippen LogP contribution >= 0.6 is 23.4 Å². The molecule has 7 nitrogen and oxygen atoms in total. The lowest BCUT2D eigenvalue weighted by Gasteiger charge is -2.12. The van der Waals surface area contributed by atoms with E-state index in [1.165, 1.54) is 16.4 Å². The third-order valence-electron chi connectivity index (χ3n) is 5.90. The van der Waals surface area contributed by atoms with Crippen molar-refractivity contribution >= 4 is 46.6 Å². The molecule has 1 aromatic heterocycles. The zero-order chi connectivity index (χ0) is 26.5. The number of rotatable bonds is 8. The Balaban J connectivity index is 1.36. The minimum Gasteiger partial charge on any atom is -0.326 e. The minimum atomic E-state index is -0.450. The summed E-state index contributed by atoms with van der Waals surface area (Å²) < 4.78 is 3.26. The first kappa shape index (κ1) is 26.3. The third-order valence-corrected chi connectivity index (χ3v) is 7.26. The van der Waals surface area contributed by atoms with Crippen molar-refractivity contribution in [3.05, 3.63) is 105 Å². The van der Waals surface area contributed by atoms with Crippen LogP contribution in [0.25, 0.3) is 5.69 Å². The second kappa shape index (κ2) is 11.5. The van der Waals surface area contributed by atoms with Gasteiger partial charge in [0.15, 0.2) is 0 Å². The Kier molecular flexibility index (Phi) is 8.21. The number of carbonyl (C=O) groups excluding carboxylic acids is 2. The first-order valence-electron chi connectivity index (χ1n) is 11.7. The molecule has 9 heteroatoms. The van der Waals surface area contributed by atoms with Crippen molar-refractivity contribution in [3.63, 3.8) is 0 Å². The van der Waals surface area contributed by atoms with Gasteiger partial charge in [-0.2, -0.15) is 0 Å². The van der Waals surface area contributed by atoms with Crippen LogP contribution in [-0.4, -0.2) is 26.4 Å². The molecule has 2 amide bonds. The van der Waals surface area contributed by atoms with Gasteiger partial charge < -0.3 is 10.6 Å². The number of halogens is 1. The van der Waals surface area contributed by atoms with Crippen LogP contribution in [0.1, 0.15) is 18.2 Å². The number of anilines is 2. The Bertz CT molecular complexity index is 1460. The number of carbonyl (C=O) groups is 2. The predicted octanol–water partition coefficient (Wildman–Crippen LogP) is 5.44. The predicted molar refractivity (Wildman–Crippen MR) is 150 cm³/mol. The van der Waals surface area contributed by atoms with E-state index in [1.54, 1.807) is 49.8 Å². The summed E-state index contributed by atoms with van der Waals surface area (Å²) in [5.74, 6) is -0.397. The fraction of sp³-hybridized carbons (Fsp3) is 0.179. The van der Waals surface area contributed by atoms with E-state index in [0.717, 1.165) is 16.1 Å². The Hall–Kier alpha value is -3.75. The van der Waals surface area contributed by atoms with Crippen LogP contribution < -0.4 is 16.2 Å². The van der Waals surface area contributed by atoms with Gasteiger partial charge in [-0.1, -0.05) is 41.9 Å². The van der Waals surface area contributed by atoms with Crippen LogP contribution in [0.3, 0.4) is 0 Å². The van der Waals surface area contributed by atoms with Crippen molar-refractivity contribution in [1.82, 2.24) is 9.36 Å². The SMILES string of the molecule is Cc1c(NC(=O)C(C)Sc2ccc(NC(=O)Cc3ccc(Cl)cc3)cc2)c(=O)n(-c2ccccc2)n1C. The molecule has 3 aromatic carbocycles. The maximum atomic E-state index is 13.1. The maximum absolute atomic E-state index is 13.1. The van der Waals surface area contributed by atoms with Crippen LogP contribution in [0, 0.1) is 6.92 Å². The van der Waals surface area contributed by atoms with E-state index < -0.39 is 5.25 Å². The molecule has 0 aliphatic heterocycles. The number of hydrogen-bond donors (Lipinski definition) is 2. The molecule has 0 fully saturated rings. The fourth-order valence-electron chi connectivity index (χ4n) is 3.80. The van der Waals surface area contributed by atoms with Crippen molar-refractivity contribution in [1.29, 1.82) is 0 Å². The number of thioether (sulfide) groups is 1. The molecule has 0 aliphatic rings. The van der Waals surface area contributed by atoms with Gasteiger partial charge in [-0.15, -0.1) is 11.8 Å². The highest BCUT2D eigenvalue weighted by Gasteiger charge is 2.21. The second-order valence-corrected chi connectivity index (χ2v) is 10.4. The maximum Gasteiger partial charge on any atom is 0.295 e. The number of nitrogens with zero attached hydrogens (tertiary/aromatic N) is 2. The van der Waals surface area contributed by atoms with Gasteiger partial charge in [-0.25, -0.2) is 4.68 Å². The van der Waals surface area contributed by atoms with Gasteiger partial charge in [0.1, 0.15) is 5.69 Å². The molecule has 4 aromatic rings. The lowest BCUT2D eigenvalue weighted by atomic mass is 10.1. The quantitative estimate of drug-likeness (QED) is 0.295. The third kappa shape index (κ3) is 6.34. The number of amides is 2. The molecule has 190 valence electrons. The summed E-state index contributed by atoms with van der Waals surface area (Å²) in [6, 6.07) is 23.7. The van der Waals surface area contributed by atoms with Crippen molar-refractivity contribution in [3.8, 4) is 5.69 Å². The summed E-state index contributed by atoms with van der Waals surface area (Å²) in [4.78, 5) is 39.2. The molecule has 1 unspecified atom stereocenters. The largest absolute Gasteiger partial charge is 0.326 e. The van der Waals surface area contributed by atoms with Gasteiger partial charge in [0.05, 0.1) is 23.1 Å². The number of hydrogen-bond acceptors (Lipinski definition) is 4. The highest BCUT2D eigenvalue weighted by molar-refractivity contribution is 8.00. The summed E-state index contributed by atoms with van der Waals surface area (Å²) in [5, 5.41) is 5.87. The number of benzene rings is 3. The number of aromatic nitrogens is 2. The molecule has 0 aliphatic carbocycles. The summed E-state index contributed by atoms with van der Waals surface area (Å²) >= 11 is 7.26. The summed E-state index contributed by atoms with van der Waals surface area (Å²) in [7, 11) is 1.79. The van der Waals surface area contributed by atoms with E-state index in [4.69, 9.17) is 11.6 Å². The summed E-state index contributed by atoms with van der Waals surface area (Å²) in [6.45, 7) is 3.59. The van der Waals surface area contributed by atoms with E-state index in [2.05, 4.69) is 10.6 Å². The minimum absolute atomic E-state index is 0.130. The topological polar surface area (TPSA) is 85.1 Å². The molecule has 4 rings (SSSR count). The zero-order valence-corrected chi connectivity index (χ0v) is 22.3. The molecular formula is C28H27ClN4O3S. The van der Waals surface area contributed by atoms with Gasteiger partial charge >= 0.3 is 0 Å². The van der Waals surface area contributed by atoms with Gasteiger partial charge in [0.25, 0.3) is 5.56 Å². The molecular weight excluding hydrogens is 508 g/mol. The second-order valence-electron chi connectivity index (χ2n) is 8.56. The first-order valence-corrected chi connectivity index (χ1v) is 12.9. The lowest BCUT2D eigenvalue weighted by molar-refractivity contribution is -0.116. The van der Waals surface area contributed by atoms with Crippen LogP contribution in [-0.2, 0) is 23.1 Å². The molecule has 2 N–H and O–H groups in total. The Morgan fingerprint density at radius 2 is 1.59 bits per heavy atom.